The Hall–Kier alpha value is -4.38. The van der Waals surface area contributed by atoms with Crippen LogP contribution in [0.5, 0.6) is 0 Å². The molecule has 4 aromatic rings. The third-order valence-corrected chi connectivity index (χ3v) is 8.11. The number of aliphatic hydroxyl groups excluding tert-OH is 1. The van der Waals surface area contributed by atoms with Gasteiger partial charge in [0.15, 0.2) is 17.7 Å². The zero-order valence-corrected chi connectivity index (χ0v) is 23.8. The fraction of sp³-hybridized carbons (Fsp3) is 0.385. The second-order valence-corrected chi connectivity index (χ2v) is 12.7. The minimum atomic E-state index is -4.47. The number of aromatic nitrogens is 5. The monoisotopic (exact) mass is 619 g/mol. The summed E-state index contributed by atoms with van der Waals surface area (Å²) in [5.74, 6) is 0.100. The van der Waals surface area contributed by atoms with Crippen LogP contribution in [-0.2, 0) is 23.1 Å². The Bertz CT molecular complexity index is 1850. The number of aliphatic hydroxyl groups is 1. The number of alkyl halides is 3. The summed E-state index contributed by atoms with van der Waals surface area (Å²) in [5.41, 5.74) is 8.36. The summed E-state index contributed by atoms with van der Waals surface area (Å²) in [6.07, 6.45) is 0.874. The molecule has 5 N–H and O–H groups in total. The molecule has 1 fully saturated rings. The molecule has 1 aromatic carbocycles. The van der Waals surface area contributed by atoms with Crippen molar-refractivity contribution < 1.29 is 31.5 Å². The van der Waals surface area contributed by atoms with Crippen molar-refractivity contribution in [2.24, 2.45) is 5.92 Å². The summed E-state index contributed by atoms with van der Waals surface area (Å²) >= 11 is 0. The average molecular weight is 620 g/mol. The van der Waals surface area contributed by atoms with Gasteiger partial charge in [-0.05, 0) is 49.4 Å². The van der Waals surface area contributed by atoms with Crippen molar-refractivity contribution in [1.82, 2.24) is 29.3 Å². The van der Waals surface area contributed by atoms with Crippen LogP contribution in [0.15, 0.2) is 36.8 Å². The van der Waals surface area contributed by atoms with Crippen molar-refractivity contribution in [1.29, 1.82) is 0 Å². The first kappa shape index (κ1) is 28.7. The fourth-order valence-electron chi connectivity index (χ4n) is 5.39. The number of benzene rings is 1. The van der Waals surface area contributed by atoms with Crippen LogP contribution in [-0.4, -0.2) is 67.2 Å². The lowest BCUT2D eigenvalue weighted by molar-refractivity contribution is -0.142. The van der Waals surface area contributed by atoms with Gasteiger partial charge in [0.25, 0.3) is 5.91 Å². The Morgan fingerprint density at radius 1 is 1.26 bits per heavy atom. The molecule has 0 spiro atoms. The van der Waals surface area contributed by atoms with Gasteiger partial charge in [0, 0.05) is 30.5 Å². The minimum absolute atomic E-state index is 0.00999. The number of nitrogens with one attached hydrogen (secondary N) is 2. The van der Waals surface area contributed by atoms with Crippen LogP contribution in [0, 0.1) is 5.92 Å². The van der Waals surface area contributed by atoms with Crippen molar-refractivity contribution in [3.63, 3.8) is 0 Å². The third-order valence-electron chi connectivity index (χ3n) is 7.52. The number of nitrogens with zero attached hydrogens (tertiary/aromatic N) is 6. The zero-order valence-electron chi connectivity index (χ0n) is 23.0. The van der Waals surface area contributed by atoms with Crippen molar-refractivity contribution in [3.8, 4) is 11.3 Å². The van der Waals surface area contributed by atoms with E-state index in [-0.39, 0.29) is 40.4 Å². The Labute approximate surface area is 243 Å². The van der Waals surface area contributed by atoms with Crippen LogP contribution in [0.1, 0.15) is 47.5 Å². The Morgan fingerprint density at radius 3 is 2.67 bits per heavy atom. The molecule has 1 amide bonds. The zero-order chi connectivity index (χ0) is 30.8. The van der Waals surface area contributed by atoms with E-state index in [1.54, 1.807) is 23.2 Å². The van der Waals surface area contributed by atoms with E-state index in [2.05, 4.69) is 25.2 Å². The van der Waals surface area contributed by atoms with E-state index in [1.807, 2.05) is 6.92 Å². The van der Waals surface area contributed by atoms with Gasteiger partial charge in [0.2, 0.25) is 10.0 Å². The van der Waals surface area contributed by atoms with Crippen molar-refractivity contribution in [2.45, 2.75) is 51.3 Å². The smallest absolute Gasteiger partial charge is 0.382 e. The Kier molecular flexibility index (Phi) is 6.76. The van der Waals surface area contributed by atoms with Crippen LogP contribution >= 0.6 is 0 Å². The van der Waals surface area contributed by atoms with E-state index in [4.69, 9.17) is 5.73 Å². The highest BCUT2D eigenvalue weighted by atomic mass is 32.2. The second-order valence-electron chi connectivity index (χ2n) is 10.9. The predicted molar refractivity (Wildman–Crippen MR) is 150 cm³/mol. The molecule has 4 heterocycles. The van der Waals surface area contributed by atoms with E-state index in [0.29, 0.717) is 39.5 Å². The molecule has 1 saturated carbocycles. The highest BCUT2D eigenvalue weighted by Crippen LogP contribution is 2.41. The first-order chi connectivity index (χ1) is 20.2. The number of fused-ring (bicyclic) bond motifs is 2. The summed E-state index contributed by atoms with van der Waals surface area (Å²) in [7, 11) is -3.73. The number of halogens is 3. The molecule has 2 atom stereocenters. The maximum absolute atomic E-state index is 13.4. The van der Waals surface area contributed by atoms with Gasteiger partial charge in [-0.3, -0.25) is 14.2 Å². The maximum Gasteiger partial charge on any atom is 0.408 e. The van der Waals surface area contributed by atoms with Crippen LogP contribution < -0.4 is 15.8 Å². The number of carbonyl (C=O) groups excluding carboxylic acids is 1. The number of nitrogen functional groups attached to an aromatic ring is 1. The minimum Gasteiger partial charge on any atom is -0.382 e. The van der Waals surface area contributed by atoms with Gasteiger partial charge in [0.05, 0.1) is 40.6 Å². The van der Waals surface area contributed by atoms with E-state index in [0.717, 1.165) is 31.5 Å². The Balaban J connectivity index is 1.35. The van der Waals surface area contributed by atoms with Gasteiger partial charge < -0.3 is 21.1 Å². The predicted octanol–water partition coefficient (Wildman–Crippen LogP) is 2.97. The van der Waals surface area contributed by atoms with E-state index >= 15 is 0 Å². The van der Waals surface area contributed by atoms with E-state index in [1.165, 1.54) is 10.6 Å². The molecule has 3 aromatic heterocycles. The molecular weight excluding hydrogens is 591 g/mol. The lowest BCUT2D eigenvalue weighted by Crippen LogP contribution is -2.34. The molecule has 6 rings (SSSR count). The number of carbonyl (C=O) groups is 1. The summed E-state index contributed by atoms with van der Waals surface area (Å²) in [5, 5.41) is 21.4. The summed E-state index contributed by atoms with van der Waals surface area (Å²) < 4.78 is 67.1. The lowest BCUT2D eigenvalue weighted by Gasteiger charge is -2.24. The van der Waals surface area contributed by atoms with Crippen LogP contribution in [0.3, 0.4) is 0 Å². The van der Waals surface area contributed by atoms with Crippen molar-refractivity contribution in [3.05, 3.63) is 53.5 Å². The molecule has 13 nitrogen and oxygen atoms in total. The molecule has 1 unspecified atom stereocenters. The molecule has 2 aliphatic rings. The molecule has 43 heavy (non-hydrogen) atoms. The van der Waals surface area contributed by atoms with Crippen molar-refractivity contribution in [2.75, 3.05) is 22.0 Å². The molecule has 1 aliphatic carbocycles. The SMILES string of the molecule is C[C@@H](C1CC1)N1Cc2cc(-c3ccn4nc(N)c(C(O)Nc5cnn(CC(F)(F)F)c5)c4n3)cc(NS(C)(=O)=O)c2C1=O. The standard InChI is InChI=1S/C26H28F3N9O4S/c1-13(14-3-4-14)37-10-16-7-15(8-19(20(16)25(37)40)35-43(2,41)42)18-5-6-38-23(33-18)21(22(30)34-38)24(39)32-17-9-31-36(11-17)12-26(27,28)29/h5-9,11,13-14,24,32,35,39H,3-4,10,12H2,1-2H3,(H2,30,34)/t13-,24?/m0/s1. The molecule has 0 saturated heterocycles. The third kappa shape index (κ3) is 5.81. The van der Waals surface area contributed by atoms with Gasteiger partial charge >= 0.3 is 6.18 Å². The van der Waals surface area contributed by atoms with E-state index in [9.17, 15) is 31.5 Å². The lowest BCUT2D eigenvalue weighted by atomic mass is 10.0. The molecule has 0 bridgehead atoms. The average Bonchev–Trinajstić information content (AvgIpc) is 3.45. The van der Waals surface area contributed by atoms with Crippen LogP contribution in [0.2, 0.25) is 0 Å². The van der Waals surface area contributed by atoms with Crippen LogP contribution in [0.25, 0.3) is 16.9 Å². The highest BCUT2D eigenvalue weighted by Gasteiger charge is 2.40. The normalized spacial score (nSPS) is 16.9. The molecule has 17 heteroatoms. The quantitative estimate of drug-likeness (QED) is 0.206. The van der Waals surface area contributed by atoms with Gasteiger partial charge in [-0.25, -0.2) is 17.9 Å². The molecular formula is C26H28F3N9O4S. The number of anilines is 3. The largest absolute Gasteiger partial charge is 0.408 e. The van der Waals surface area contributed by atoms with Gasteiger partial charge in [0.1, 0.15) is 6.54 Å². The number of amides is 1. The number of nitrogens with two attached hydrogens (primary N) is 1. The van der Waals surface area contributed by atoms with Gasteiger partial charge in [-0.1, -0.05) is 0 Å². The number of sulfonamides is 1. The topological polar surface area (TPSA) is 173 Å². The Morgan fingerprint density at radius 2 is 2.00 bits per heavy atom. The van der Waals surface area contributed by atoms with Gasteiger partial charge in [-0.15, -0.1) is 5.10 Å². The fourth-order valence-corrected chi connectivity index (χ4v) is 5.95. The number of hydrogen-bond acceptors (Lipinski definition) is 9. The van der Waals surface area contributed by atoms with Gasteiger partial charge in [-0.2, -0.15) is 18.3 Å². The van der Waals surface area contributed by atoms with Crippen LogP contribution in [0.4, 0.5) is 30.4 Å². The summed E-state index contributed by atoms with van der Waals surface area (Å²) in [6, 6.07) is 4.95. The molecule has 1 aliphatic heterocycles. The first-order valence-electron chi connectivity index (χ1n) is 13.3. The second kappa shape index (κ2) is 10.1. The molecule has 0 radical (unpaired) electrons. The summed E-state index contributed by atoms with van der Waals surface area (Å²) in [6.45, 7) is 1.01. The highest BCUT2D eigenvalue weighted by molar-refractivity contribution is 7.92. The maximum atomic E-state index is 13.4. The first-order valence-corrected chi connectivity index (χ1v) is 15.2. The number of hydrogen-bond donors (Lipinski definition) is 4. The van der Waals surface area contributed by atoms with Crippen molar-refractivity contribution >= 4 is 38.8 Å². The number of rotatable bonds is 9. The molecule has 228 valence electrons. The van der Waals surface area contributed by atoms with E-state index < -0.39 is 29.0 Å². The summed E-state index contributed by atoms with van der Waals surface area (Å²) in [4.78, 5) is 19.8.